The van der Waals surface area contributed by atoms with E-state index in [0.717, 1.165) is 12.8 Å². The summed E-state index contributed by atoms with van der Waals surface area (Å²) in [5, 5.41) is 21.4. The van der Waals surface area contributed by atoms with Gasteiger partial charge in [0.05, 0.1) is 12.6 Å². The van der Waals surface area contributed by atoms with E-state index in [-0.39, 0.29) is 5.91 Å². The zero-order valence-electron chi connectivity index (χ0n) is 15.5. The maximum Gasteiger partial charge on any atom is 0.326 e. The monoisotopic (exact) mass is 390 g/mol. The summed E-state index contributed by atoms with van der Waals surface area (Å²) >= 11 is 1.45. The number of likely N-dealkylation sites (tertiary alicyclic amines) is 1. The maximum absolute atomic E-state index is 12.5. The van der Waals surface area contributed by atoms with Crippen LogP contribution in [0.3, 0.4) is 0 Å². The second-order valence-electron chi connectivity index (χ2n) is 6.35. The number of rotatable bonds is 13. The van der Waals surface area contributed by atoms with Crippen molar-refractivity contribution in [3.8, 4) is 0 Å². The SMILES string of the molecule is CCCCOCCSC[C@H](N[C@@H](C)C(=O)N1CCC[C@H]1C(=O)O)C(=O)O. The normalized spacial score (nSPS) is 19.3. The van der Waals surface area contributed by atoms with Crippen LogP contribution in [-0.4, -0.2) is 82.3 Å². The molecule has 3 N–H and O–H groups in total. The Morgan fingerprint density at radius 1 is 1.31 bits per heavy atom. The summed E-state index contributed by atoms with van der Waals surface area (Å²) in [6, 6.07) is -2.44. The highest BCUT2D eigenvalue weighted by atomic mass is 32.2. The average molecular weight is 391 g/mol. The second kappa shape index (κ2) is 12.1. The van der Waals surface area contributed by atoms with E-state index in [1.54, 1.807) is 6.92 Å². The largest absolute Gasteiger partial charge is 0.480 e. The fraction of sp³-hybridized carbons (Fsp3) is 0.824. The van der Waals surface area contributed by atoms with Gasteiger partial charge in [0, 0.05) is 24.7 Å². The minimum absolute atomic E-state index is 0.312. The van der Waals surface area contributed by atoms with Crippen molar-refractivity contribution in [3.05, 3.63) is 0 Å². The van der Waals surface area contributed by atoms with Crippen LogP contribution in [0.5, 0.6) is 0 Å². The van der Waals surface area contributed by atoms with Crippen molar-refractivity contribution in [2.45, 2.75) is 57.7 Å². The lowest BCUT2D eigenvalue weighted by atomic mass is 10.2. The predicted molar refractivity (Wildman–Crippen MR) is 99.4 cm³/mol. The molecular weight excluding hydrogens is 360 g/mol. The Morgan fingerprint density at radius 2 is 2.04 bits per heavy atom. The molecule has 0 aromatic rings. The number of carbonyl (C=O) groups excluding carboxylic acids is 1. The molecule has 0 radical (unpaired) electrons. The van der Waals surface area contributed by atoms with Crippen molar-refractivity contribution in [3.63, 3.8) is 0 Å². The van der Waals surface area contributed by atoms with Gasteiger partial charge in [0.1, 0.15) is 12.1 Å². The van der Waals surface area contributed by atoms with Gasteiger partial charge in [0.25, 0.3) is 0 Å². The number of hydrogen-bond donors (Lipinski definition) is 3. The lowest BCUT2D eigenvalue weighted by Gasteiger charge is -2.27. The van der Waals surface area contributed by atoms with Gasteiger partial charge in [-0.25, -0.2) is 4.79 Å². The minimum Gasteiger partial charge on any atom is -0.480 e. The third-order valence-electron chi connectivity index (χ3n) is 4.24. The van der Waals surface area contributed by atoms with Crippen molar-refractivity contribution in [1.82, 2.24) is 10.2 Å². The number of ether oxygens (including phenoxy) is 1. The third kappa shape index (κ3) is 7.51. The van der Waals surface area contributed by atoms with Gasteiger partial charge in [0.2, 0.25) is 5.91 Å². The molecule has 0 aromatic heterocycles. The minimum atomic E-state index is -1.03. The molecule has 0 aliphatic carbocycles. The van der Waals surface area contributed by atoms with Crippen LogP contribution in [-0.2, 0) is 19.1 Å². The number of nitrogens with one attached hydrogen (secondary N) is 1. The molecule has 1 saturated heterocycles. The first-order valence-electron chi connectivity index (χ1n) is 9.06. The van der Waals surface area contributed by atoms with Crippen molar-refractivity contribution >= 4 is 29.6 Å². The molecule has 1 amide bonds. The Bertz CT molecular complexity index is 476. The van der Waals surface area contributed by atoms with E-state index in [0.29, 0.717) is 44.1 Å². The van der Waals surface area contributed by atoms with Crippen molar-refractivity contribution in [1.29, 1.82) is 0 Å². The highest BCUT2D eigenvalue weighted by Gasteiger charge is 2.36. The molecule has 1 aliphatic rings. The van der Waals surface area contributed by atoms with Crippen LogP contribution in [0, 0.1) is 0 Å². The number of nitrogens with zero attached hydrogens (tertiary/aromatic N) is 1. The Hall–Kier alpha value is -1.32. The van der Waals surface area contributed by atoms with Crippen LogP contribution in [0.15, 0.2) is 0 Å². The number of unbranched alkanes of at least 4 members (excludes halogenated alkanes) is 1. The third-order valence-corrected chi connectivity index (χ3v) is 5.26. The number of hydrogen-bond acceptors (Lipinski definition) is 6. The van der Waals surface area contributed by atoms with E-state index >= 15 is 0 Å². The standard InChI is InChI=1S/C17H30N2O6S/c1-3-4-8-25-9-10-26-11-13(16(21)22)18-12(2)15(20)19-7-5-6-14(19)17(23)24/h12-14,18H,3-11H2,1-2H3,(H,21,22)(H,23,24)/t12-,13-,14-/m0/s1. The molecule has 1 fully saturated rings. The lowest BCUT2D eigenvalue weighted by molar-refractivity contribution is -0.149. The van der Waals surface area contributed by atoms with Crippen LogP contribution in [0.4, 0.5) is 0 Å². The van der Waals surface area contributed by atoms with Crippen LogP contribution >= 0.6 is 11.8 Å². The van der Waals surface area contributed by atoms with Crippen LogP contribution in [0.25, 0.3) is 0 Å². The first-order valence-corrected chi connectivity index (χ1v) is 10.2. The molecule has 8 nitrogen and oxygen atoms in total. The van der Waals surface area contributed by atoms with Crippen LogP contribution in [0.1, 0.15) is 39.5 Å². The molecule has 0 bridgehead atoms. The zero-order valence-corrected chi connectivity index (χ0v) is 16.3. The molecule has 0 spiro atoms. The summed E-state index contributed by atoms with van der Waals surface area (Å²) in [4.78, 5) is 36.4. The quantitative estimate of drug-likeness (QED) is 0.400. The summed E-state index contributed by atoms with van der Waals surface area (Å²) in [6.07, 6.45) is 3.16. The van der Waals surface area contributed by atoms with Crippen molar-refractivity contribution < 1.29 is 29.3 Å². The summed E-state index contributed by atoms with van der Waals surface area (Å²) in [5.74, 6) is -1.41. The van der Waals surface area contributed by atoms with Crippen LogP contribution in [0.2, 0.25) is 0 Å². The van der Waals surface area contributed by atoms with E-state index in [9.17, 15) is 24.6 Å². The van der Waals surface area contributed by atoms with Gasteiger partial charge in [-0.1, -0.05) is 13.3 Å². The highest BCUT2D eigenvalue weighted by Crippen LogP contribution is 2.18. The second-order valence-corrected chi connectivity index (χ2v) is 7.50. The number of thioether (sulfide) groups is 1. The highest BCUT2D eigenvalue weighted by molar-refractivity contribution is 7.99. The number of carboxylic acid groups (broad SMARTS) is 2. The van der Waals surface area contributed by atoms with Gasteiger partial charge in [-0.3, -0.25) is 14.9 Å². The number of carbonyl (C=O) groups is 3. The molecule has 9 heteroatoms. The van der Waals surface area contributed by atoms with Gasteiger partial charge in [-0.15, -0.1) is 0 Å². The topological polar surface area (TPSA) is 116 Å². The maximum atomic E-state index is 12.5. The molecule has 1 rings (SSSR count). The smallest absolute Gasteiger partial charge is 0.326 e. The Kier molecular flexibility index (Phi) is 10.6. The first kappa shape index (κ1) is 22.7. The molecule has 150 valence electrons. The predicted octanol–water partition coefficient (Wildman–Crippen LogP) is 1.04. The number of carboxylic acids is 2. The number of amides is 1. The van der Waals surface area contributed by atoms with E-state index in [1.807, 2.05) is 0 Å². The van der Waals surface area contributed by atoms with Gasteiger partial charge in [-0.2, -0.15) is 11.8 Å². The Balaban J connectivity index is 2.41. The summed E-state index contributed by atoms with van der Waals surface area (Å²) in [6.45, 7) is 5.34. The van der Waals surface area contributed by atoms with Crippen molar-refractivity contribution in [2.24, 2.45) is 0 Å². The van der Waals surface area contributed by atoms with Gasteiger partial charge >= 0.3 is 11.9 Å². The van der Waals surface area contributed by atoms with E-state index in [1.165, 1.54) is 16.7 Å². The fourth-order valence-corrected chi connectivity index (χ4v) is 3.64. The lowest BCUT2D eigenvalue weighted by Crippen LogP contribution is -2.53. The number of aliphatic carboxylic acids is 2. The Labute approximate surface area is 158 Å². The Morgan fingerprint density at radius 3 is 2.65 bits per heavy atom. The van der Waals surface area contributed by atoms with E-state index in [2.05, 4.69) is 12.2 Å². The molecule has 1 aliphatic heterocycles. The molecule has 0 unspecified atom stereocenters. The first-order chi connectivity index (χ1) is 12.4. The summed E-state index contributed by atoms with van der Waals surface area (Å²) in [7, 11) is 0. The summed E-state index contributed by atoms with van der Waals surface area (Å²) < 4.78 is 5.43. The van der Waals surface area contributed by atoms with E-state index < -0.39 is 30.1 Å². The molecule has 26 heavy (non-hydrogen) atoms. The van der Waals surface area contributed by atoms with E-state index in [4.69, 9.17) is 4.74 Å². The fourth-order valence-electron chi connectivity index (χ4n) is 2.77. The average Bonchev–Trinajstić information content (AvgIpc) is 3.08. The van der Waals surface area contributed by atoms with Crippen molar-refractivity contribution in [2.75, 3.05) is 31.3 Å². The molecule has 0 aromatic carbocycles. The molecule has 3 atom stereocenters. The van der Waals surface area contributed by atoms with Gasteiger partial charge < -0.3 is 19.8 Å². The molecule has 1 heterocycles. The summed E-state index contributed by atoms with van der Waals surface area (Å²) in [5.41, 5.74) is 0. The molecule has 0 saturated carbocycles. The van der Waals surface area contributed by atoms with Crippen LogP contribution < -0.4 is 5.32 Å². The molecular formula is C17H30N2O6S. The van der Waals surface area contributed by atoms with Gasteiger partial charge in [0.15, 0.2) is 0 Å². The zero-order chi connectivity index (χ0) is 19.5. The van der Waals surface area contributed by atoms with Gasteiger partial charge in [-0.05, 0) is 26.2 Å².